The molecule has 3 N–H and O–H groups in total. The summed E-state index contributed by atoms with van der Waals surface area (Å²) < 4.78 is 10.4. The number of aromatic amines is 1. The van der Waals surface area contributed by atoms with E-state index in [0.717, 1.165) is 0 Å². The first kappa shape index (κ1) is 20.5. The number of methoxy groups -OCH3 is 2. The van der Waals surface area contributed by atoms with E-state index in [1.54, 1.807) is 24.3 Å². The Hall–Kier alpha value is -3.27. The molecule has 1 aliphatic heterocycles. The maximum atomic E-state index is 12.9. The molecule has 0 spiro atoms. The zero-order valence-corrected chi connectivity index (χ0v) is 16.7. The highest BCUT2D eigenvalue weighted by molar-refractivity contribution is 7.99. The van der Waals surface area contributed by atoms with Crippen LogP contribution >= 0.6 is 11.8 Å². The number of nitrogens with one attached hydrogen (secondary N) is 3. The fourth-order valence-corrected chi connectivity index (χ4v) is 3.50. The van der Waals surface area contributed by atoms with Gasteiger partial charge in [0, 0.05) is 18.2 Å². The van der Waals surface area contributed by atoms with Gasteiger partial charge < -0.3 is 25.1 Å². The predicted octanol–water partition coefficient (Wildman–Crippen LogP) is 2.13. The van der Waals surface area contributed by atoms with Gasteiger partial charge in [0.15, 0.2) is 5.16 Å². The Morgan fingerprint density at radius 2 is 2.17 bits per heavy atom. The van der Waals surface area contributed by atoms with Crippen molar-refractivity contribution >= 4 is 35.1 Å². The monoisotopic (exact) mass is 416 g/mol. The van der Waals surface area contributed by atoms with Crippen molar-refractivity contribution in [2.75, 3.05) is 30.6 Å². The number of carbonyl (C=O) groups is 2. The molecular formula is C19H20N4O5S. The Balaban J connectivity index is 1.92. The van der Waals surface area contributed by atoms with E-state index >= 15 is 0 Å². The van der Waals surface area contributed by atoms with Crippen LogP contribution in [0.2, 0.25) is 0 Å². The highest BCUT2D eigenvalue weighted by Gasteiger charge is 2.35. The maximum absolute atomic E-state index is 12.9. The molecule has 2 aromatic rings. The Morgan fingerprint density at radius 1 is 1.38 bits per heavy atom. The van der Waals surface area contributed by atoms with Gasteiger partial charge in [-0.2, -0.15) is 0 Å². The molecule has 3 rings (SSSR count). The van der Waals surface area contributed by atoms with Crippen molar-refractivity contribution in [3.05, 3.63) is 46.8 Å². The SMILES string of the molecule is C=CCSc1nc2c(c(=O)[nH]1)C(C(=O)Nc1ccc(OC)cc1OC)CC(=O)N2. The lowest BCUT2D eigenvalue weighted by molar-refractivity contribution is -0.123. The number of ether oxygens (including phenoxy) is 2. The summed E-state index contributed by atoms with van der Waals surface area (Å²) in [4.78, 5) is 44.6. The van der Waals surface area contributed by atoms with Crippen molar-refractivity contribution < 1.29 is 19.1 Å². The first-order valence-corrected chi connectivity index (χ1v) is 9.66. The molecule has 2 amide bonds. The van der Waals surface area contributed by atoms with Gasteiger partial charge in [-0.05, 0) is 12.1 Å². The summed E-state index contributed by atoms with van der Waals surface area (Å²) in [5, 5.41) is 5.63. The zero-order valence-electron chi connectivity index (χ0n) is 15.9. The van der Waals surface area contributed by atoms with E-state index in [1.807, 2.05) is 0 Å². The molecule has 1 atom stereocenters. The minimum atomic E-state index is -0.986. The lowest BCUT2D eigenvalue weighted by Crippen LogP contribution is -2.36. The molecule has 152 valence electrons. The molecule has 1 unspecified atom stereocenters. The summed E-state index contributed by atoms with van der Waals surface area (Å²) in [5.41, 5.74) is 0.0503. The molecule has 0 saturated carbocycles. The second-order valence-electron chi connectivity index (χ2n) is 6.09. The van der Waals surface area contributed by atoms with Crippen molar-refractivity contribution in [1.29, 1.82) is 0 Å². The van der Waals surface area contributed by atoms with E-state index in [2.05, 4.69) is 27.2 Å². The van der Waals surface area contributed by atoms with E-state index < -0.39 is 23.3 Å². The van der Waals surface area contributed by atoms with Crippen molar-refractivity contribution in [3.63, 3.8) is 0 Å². The van der Waals surface area contributed by atoms with Crippen LogP contribution in [0.5, 0.6) is 11.5 Å². The number of anilines is 2. The van der Waals surface area contributed by atoms with Gasteiger partial charge >= 0.3 is 0 Å². The number of carbonyl (C=O) groups excluding carboxylic acids is 2. The summed E-state index contributed by atoms with van der Waals surface area (Å²) >= 11 is 1.26. The van der Waals surface area contributed by atoms with Gasteiger partial charge in [-0.15, -0.1) is 6.58 Å². The van der Waals surface area contributed by atoms with Gasteiger partial charge in [0.1, 0.15) is 17.3 Å². The Kier molecular flexibility index (Phi) is 6.23. The molecule has 10 heteroatoms. The predicted molar refractivity (Wildman–Crippen MR) is 110 cm³/mol. The summed E-state index contributed by atoms with van der Waals surface area (Å²) in [6.45, 7) is 3.62. The molecule has 0 saturated heterocycles. The number of hydrogen-bond donors (Lipinski definition) is 3. The van der Waals surface area contributed by atoms with Crippen LogP contribution in [-0.4, -0.2) is 41.8 Å². The van der Waals surface area contributed by atoms with Gasteiger partial charge in [-0.1, -0.05) is 17.8 Å². The van der Waals surface area contributed by atoms with E-state index in [9.17, 15) is 14.4 Å². The maximum Gasteiger partial charge on any atom is 0.257 e. The number of fused-ring (bicyclic) bond motifs is 1. The number of rotatable bonds is 7. The number of benzene rings is 1. The van der Waals surface area contributed by atoms with Crippen LogP contribution in [0, 0.1) is 0 Å². The molecular weight excluding hydrogens is 396 g/mol. The molecule has 0 fully saturated rings. The lowest BCUT2D eigenvalue weighted by Gasteiger charge is -2.24. The van der Waals surface area contributed by atoms with Crippen LogP contribution < -0.4 is 25.7 Å². The van der Waals surface area contributed by atoms with E-state index in [-0.39, 0.29) is 17.8 Å². The molecule has 2 heterocycles. The van der Waals surface area contributed by atoms with Crippen molar-refractivity contribution in [3.8, 4) is 11.5 Å². The van der Waals surface area contributed by atoms with Crippen LogP contribution in [0.3, 0.4) is 0 Å². The zero-order chi connectivity index (χ0) is 21.0. The Morgan fingerprint density at radius 3 is 2.86 bits per heavy atom. The average Bonchev–Trinajstić information content (AvgIpc) is 2.71. The minimum absolute atomic E-state index is 0.0957. The topological polar surface area (TPSA) is 122 Å². The number of hydrogen-bond acceptors (Lipinski definition) is 7. The lowest BCUT2D eigenvalue weighted by atomic mass is 9.92. The summed E-state index contributed by atoms with van der Waals surface area (Å²) in [6.07, 6.45) is 1.50. The Labute approximate surface area is 170 Å². The normalized spacial score (nSPS) is 15.1. The largest absolute Gasteiger partial charge is 0.497 e. The Bertz CT molecular complexity index is 1020. The van der Waals surface area contributed by atoms with Crippen LogP contribution in [0.15, 0.2) is 40.8 Å². The molecule has 29 heavy (non-hydrogen) atoms. The fraction of sp³-hybridized carbons (Fsp3) is 0.263. The average molecular weight is 416 g/mol. The van der Waals surface area contributed by atoms with Crippen molar-refractivity contribution in [2.45, 2.75) is 17.5 Å². The number of nitrogens with zero attached hydrogens (tertiary/aromatic N) is 1. The molecule has 0 aliphatic carbocycles. The quantitative estimate of drug-likeness (QED) is 0.359. The van der Waals surface area contributed by atoms with Crippen LogP contribution in [0.1, 0.15) is 17.9 Å². The number of thioether (sulfide) groups is 1. The smallest absolute Gasteiger partial charge is 0.257 e. The number of H-pyrrole nitrogens is 1. The third-order valence-corrected chi connectivity index (χ3v) is 5.12. The van der Waals surface area contributed by atoms with Gasteiger partial charge in [0.05, 0.1) is 31.4 Å². The van der Waals surface area contributed by atoms with Crippen molar-refractivity contribution in [2.24, 2.45) is 0 Å². The first-order chi connectivity index (χ1) is 14.0. The van der Waals surface area contributed by atoms with Crippen LogP contribution in [-0.2, 0) is 9.59 Å². The minimum Gasteiger partial charge on any atom is -0.497 e. The van der Waals surface area contributed by atoms with Gasteiger partial charge in [-0.25, -0.2) is 4.98 Å². The standard InChI is InChI=1S/C19H20N4O5S/c1-4-7-29-19-22-16-15(18(26)23-19)11(9-14(24)21-16)17(25)20-12-6-5-10(27-2)8-13(12)28-3/h4-6,8,11H,1,7,9H2,2-3H3,(H,20,25)(H2,21,22,23,24,26). The van der Waals surface area contributed by atoms with E-state index in [0.29, 0.717) is 28.1 Å². The van der Waals surface area contributed by atoms with Gasteiger partial charge in [0.2, 0.25) is 11.8 Å². The van der Waals surface area contributed by atoms with E-state index in [4.69, 9.17) is 9.47 Å². The second kappa shape index (κ2) is 8.82. The molecule has 9 nitrogen and oxygen atoms in total. The number of amides is 2. The van der Waals surface area contributed by atoms with Crippen LogP contribution in [0.25, 0.3) is 0 Å². The number of aromatic nitrogens is 2. The van der Waals surface area contributed by atoms with Gasteiger partial charge in [0.25, 0.3) is 5.56 Å². The summed E-state index contributed by atoms with van der Waals surface area (Å²) in [7, 11) is 2.98. The molecule has 0 radical (unpaired) electrons. The third-order valence-electron chi connectivity index (χ3n) is 4.25. The van der Waals surface area contributed by atoms with Crippen molar-refractivity contribution in [1.82, 2.24) is 9.97 Å². The molecule has 1 aromatic carbocycles. The highest BCUT2D eigenvalue weighted by atomic mass is 32.2. The fourth-order valence-electron chi connectivity index (χ4n) is 2.90. The highest BCUT2D eigenvalue weighted by Crippen LogP contribution is 2.33. The summed E-state index contributed by atoms with van der Waals surface area (Å²) in [5.74, 6) is -0.301. The second-order valence-corrected chi connectivity index (χ2v) is 7.10. The van der Waals surface area contributed by atoms with Gasteiger partial charge in [-0.3, -0.25) is 14.4 Å². The molecule has 0 bridgehead atoms. The van der Waals surface area contributed by atoms with E-state index in [1.165, 1.54) is 26.0 Å². The molecule has 1 aliphatic rings. The molecule has 1 aromatic heterocycles. The third kappa shape index (κ3) is 4.43. The first-order valence-electron chi connectivity index (χ1n) is 8.67. The van der Waals surface area contributed by atoms with Crippen LogP contribution in [0.4, 0.5) is 11.5 Å². The summed E-state index contributed by atoms with van der Waals surface area (Å²) in [6, 6.07) is 4.91.